The predicted octanol–water partition coefficient (Wildman–Crippen LogP) is 4.97. The normalized spacial score (nSPS) is 16.0. The van der Waals surface area contributed by atoms with Crippen LogP contribution < -0.4 is 10.1 Å². The molecule has 1 N–H and O–H groups in total. The molecular weight excluding hydrogens is 357 g/mol. The molecule has 2 aromatic rings. The molecule has 6 heteroatoms. The largest absolute Gasteiger partial charge is 0.486 e. The van der Waals surface area contributed by atoms with E-state index in [9.17, 15) is 9.18 Å². The van der Waals surface area contributed by atoms with Gasteiger partial charge in [0, 0.05) is 17.5 Å². The fraction of sp³-hybridized carbons (Fsp3) is 0.350. The minimum absolute atomic E-state index is 0.245. The van der Waals surface area contributed by atoms with Crippen LogP contribution in [0.5, 0.6) is 5.75 Å². The summed E-state index contributed by atoms with van der Waals surface area (Å²) in [6, 6.07) is 10.1. The zero-order valence-corrected chi connectivity index (χ0v) is 15.7. The average Bonchev–Trinajstić information content (AvgIpc) is 2.95. The third kappa shape index (κ3) is 4.28. The molecule has 4 nitrogen and oxygen atoms in total. The first-order chi connectivity index (χ1) is 12.2. The van der Waals surface area contributed by atoms with E-state index in [1.54, 1.807) is 45.0 Å². The van der Waals surface area contributed by atoms with Gasteiger partial charge in [0.25, 0.3) is 0 Å². The van der Waals surface area contributed by atoms with Gasteiger partial charge in [0.2, 0.25) is 0 Å². The molecule has 1 atom stereocenters. The molecule has 1 heterocycles. The molecule has 0 radical (unpaired) electrons. The van der Waals surface area contributed by atoms with Gasteiger partial charge in [-0.25, -0.2) is 9.18 Å². The predicted molar refractivity (Wildman–Crippen MR) is 99.2 cm³/mol. The van der Waals surface area contributed by atoms with Gasteiger partial charge in [-0.2, -0.15) is 0 Å². The molecule has 2 aromatic carbocycles. The molecule has 0 spiro atoms. The van der Waals surface area contributed by atoms with Crippen LogP contribution in [0.25, 0.3) is 11.1 Å². The van der Waals surface area contributed by atoms with Crippen molar-refractivity contribution in [1.82, 2.24) is 5.32 Å². The number of hydrogen-bond acceptors (Lipinski definition) is 3. The molecule has 0 saturated heterocycles. The summed E-state index contributed by atoms with van der Waals surface area (Å²) in [5.41, 5.74) is 1.54. The summed E-state index contributed by atoms with van der Waals surface area (Å²) in [5.74, 6) is 0.285. The van der Waals surface area contributed by atoms with E-state index in [4.69, 9.17) is 21.1 Å². The standard InChI is InChI=1S/C20H21ClFNO3/c1-20(2,3)26-19(24)23-11-14-9-13-8-12(10-16(21)18(13)25-14)15-6-4-5-7-17(15)22/h4-8,10,14H,9,11H2,1-3H3,(H,23,24). The SMILES string of the molecule is CC(C)(C)OC(=O)NCC1Cc2cc(-c3ccccc3F)cc(Cl)c2O1. The van der Waals surface area contributed by atoms with Crippen LogP contribution in [0.2, 0.25) is 5.02 Å². The van der Waals surface area contributed by atoms with Crippen LogP contribution in [0.1, 0.15) is 26.3 Å². The second kappa shape index (κ2) is 7.16. The van der Waals surface area contributed by atoms with E-state index in [0.717, 1.165) is 5.56 Å². The molecular formula is C20H21ClFNO3. The summed E-state index contributed by atoms with van der Waals surface area (Å²) in [5, 5.41) is 3.13. The summed E-state index contributed by atoms with van der Waals surface area (Å²) < 4.78 is 25.1. The van der Waals surface area contributed by atoms with Gasteiger partial charge in [0.05, 0.1) is 11.6 Å². The van der Waals surface area contributed by atoms with E-state index in [1.165, 1.54) is 6.07 Å². The van der Waals surface area contributed by atoms with E-state index < -0.39 is 11.7 Å². The summed E-state index contributed by atoms with van der Waals surface area (Å²) in [7, 11) is 0. The van der Waals surface area contributed by atoms with Crippen LogP contribution in [0.3, 0.4) is 0 Å². The molecule has 0 saturated carbocycles. The van der Waals surface area contributed by atoms with Crippen LogP contribution in [0.4, 0.5) is 9.18 Å². The van der Waals surface area contributed by atoms with E-state index in [-0.39, 0.29) is 11.9 Å². The van der Waals surface area contributed by atoms with Crippen LogP contribution in [-0.4, -0.2) is 24.3 Å². The number of hydrogen-bond donors (Lipinski definition) is 1. The lowest BCUT2D eigenvalue weighted by Gasteiger charge is -2.20. The minimum atomic E-state index is -0.554. The van der Waals surface area contributed by atoms with Crippen molar-refractivity contribution >= 4 is 17.7 Å². The third-order valence-corrected chi connectivity index (χ3v) is 4.19. The quantitative estimate of drug-likeness (QED) is 0.821. The lowest BCUT2D eigenvalue weighted by atomic mass is 10.0. The number of ether oxygens (including phenoxy) is 2. The summed E-state index contributed by atoms with van der Waals surface area (Å²) in [4.78, 5) is 11.8. The number of carbonyl (C=O) groups is 1. The zero-order chi connectivity index (χ0) is 18.9. The van der Waals surface area contributed by atoms with Crippen molar-refractivity contribution in [3.05, 3.63) is 52.8 Å². The molecule has 1 aliphatic heterocycles. The zero-order valence-electron chi connectivity index (χ0n) is 14.9. The van der Waals surface area contributed by atoms with Crippen LogP contribution >= 0.6 is 11.6 Å². The lowest BCUT2D eigenvalue weighted by Crippen LogP contribution is -2.38. The second-order valence-electron chi connectivity index (χ2n) is 7.25. The van der Waals surface area contributed by atoms with Crippen LogP contribution in [0.15, 0.2) is 36.4 Å². The highest BCUT2D eigenvalue weighted by Gasteiger charge is 2.27. The second-order valence-corrected chi connectivity index (χ2v) is 7.66. The Hall–Kier alpha value is -2.27. The highest BCUT2D eigenvalue weighted by atomic mass is 35.5. The lowest BCUT2D eigenvalue weighted by molar-refractivity contribution is 0.0506. The summed E-state index contributed by atoms with van der Waals surface area (Å²) >= 11 is 6.33. The third-order valence-electron chi connectivity index (χ3n) is 3.91. The molecule has 0 aromatic heterocycles. The smallest absolute Gasteiger partial charge is 0.407 e. The monoisotopic (exact) mass is 377 g/mol. The Morgan fingerprint density at radius 2 is 2.08 bits per heavy atom. The molecule has 0 aliphatic carbocycles. The molecule has 26 heavy (non-hydrogen) atoms. The Kier molecular flexibility index (Phi) is 5.10. The Morgan fingerprint density at radius 3 is 2.77 bits per heavy atom. The van der Waals surface area contributed by atoms with Gasteiger partial charge in [0.1, 0.15) is 23.3 Å². The first-order valence-corrected chi connectivity index (χ1v) is 8.81. The van der Waals surface area contributed by atoms with Crippen molar-refractivity contribution in [2.24, 2.45) is 0 Å². The highest BCUT2D eigenvalue weighted by molar-refractivity contribution is 6.32. The van der Waals surface area contributed by atoms with Crippen molar-refractivity contribution in [2.75, 3.05) is 6.54 Å². The number of halogens is 2. The van der Waals surface area contributed by atoms with Crippen molar-refractivity contribution in [1.29, 1.82) is 0 Å². The molecule has 138 valence electrons. The maximum atomic E-state index is 14.0. The van der Waals surface area contributed by atoms with Crippen molar-refractivity contribution in [3.8, 4) is 16.9 Å². The number of fused-ring (bicyclic) bond motifs is 1. The Balaban J connectivity index is 1.70. The fourth-order valence-electron chi connectivity index (χ4n) is 2.86. The Morgan fingerprint density at radius 1 is 1.35 bits per heavy atom. The maximum absolute atomic E-state index is 14.0. The van der Waals surface area contributed by atoms with E-state index in [1.807, 2.05) is 6.07 Å². The van der Waals surface area contributed by atoms with E-state index in [0.29, 0.717) is 34.9 Å². The molecule has 0 fully saturated rings. The van der Waals surface area contributed by atoms with Crippen LogP contribution in [-0.2, 0) is 11.2 Å². The minimum Gasteiger partial charge on any atom is -0.486 e. The molecule has 0 bridgehead atoms. The maximum Gasteiger partial charge on any atom is 0.407 e. The number of rotatable bonds is 3. The van der Waals surface area contributed by atoms with Crippen molar-refractivity contribution in [3.63, 3.8) is 0 Å². The molecule has 1 aliphatic rings. The number of nitrogens with one attached hydrogen (secondary N) is 1. The first kappa shape index (κ1) is 18.5. The van der Waals surface area contributed by atoms with Gasteiger partial charge in [0.15, 0.2) is 0 Å². The number of benzene rings is 2. The summed E-state index contributed by atoms with van der Waals surface area (Å²) in [6.45, 7) is 5.71. The van der Waals surface area contributed by atoms with Gasteiger partial charge < -0.3 is 14.8 Å². The van der Waals surface area contributed by atoms with Crippen molar-refractivity contribution in [2.45, 2.75) is 38.9 Å². The topological polar surface area (TPSA) is 47.6 Å². The number of amides is 1. The number of carbonyl (C=O) groups excluding carboxylic acids is 1. The average molecular weight is 378 g/mol. The van der Waals surface area contributed by atoms with E-state index in [2.05, 4.69) is 5.32 Å². The van der Waals surface area contributed by atoms with Gasteiger partial charge in [-0.15, -0.1) is 0 Å². The Labute approximate surface area is 157 Å². The van der Waals surface area contributed by atoms with Gasteiger partial charge in [-0.3, -0.25) is 0 Å². The highest BCUT2D eigenvalue weighted by Crippen LogP contribution is 2.40. The van der Waals surface area contributed by atoms with Crippen molar-refractivity contribution < 1.29 is 18.7 Å². The summed E-state index contributed by atoms with van der Waals surface area (Å²) in [6.07, 6.45) is -0.159. The van der Waals surface area contributed by atoms with E-state index >= 15 is 0 Å². The number of alkyl carbamates (subject to hydrolysis) is 1. The molecule has 1 unspecified atom stereocenters. The van der Waals surface area contributed by atoms with Gasteiger partial charge in [-0.05, 0) is 44.5 Å². The van der Waals surface area contributed by atoms with Gasteiger partial charge >= 0.3 is 6.09 Å². The molecule has 3 rings (SSSR count). The van der Waals surface area contributed by atoms with Gasteiger partial charge in [-0.1, -0.05) is 29.8 Å². The first-order valence-electron chi connectivity index (χ1n) is 8.44. The fourth-order valence-corrected chi connectivity index (χ4v) is 3.15. The molecule has 1 amide bonds. The Bertz CT molecular complexity index is 832. The van der Waals surface area contributed by atoms with Crippen LogP contribution in [0, 0.1) is 5.82 Å².